The zero-order valence-electron chi connectivity index (χ0n) is 25.0. The van der Waals surface area contributed by atoms with Gasteiger partial charge in [-0.05, 0) is 56.7 Å². The maximum absolute atomic E-state index is 13.3. The Morgan fingerprint density at radius 2 is 1.80 bits per heavy atom. The number of nitrogens with one attached hydrogen (secondary N) is 3. The number of hydrogen-bond acceptors (Lipinski definition) is 8. The lowest BCUT2D eigenvalue weighted by Gasteiger charge is -2.19. The average molecular weight is 659 g/mol. The third kappa shape index (κ3) is 9.38. The number of carbonyl (C=O) groups excluding carboxylic acids is 1. The summed E-state index contributed by atoms with van der Waals surface area (Å²) in [7, 11) is -4.12. The van der Waals surface area contributed by atoms with E-state index in [1.165, 1.54) is 16.8 Å². The SMILES string of the molecule is CC(C)(C)OC(=O)NCCn1nc(-c2ccc(CNCCN(CC(=O)O)S(=O)(=O)c3cc4cc(Cl)ccc4[nH]3)cc2)ccc1=O. The van der Waals surface area contributed by atoms with Crippen LogP contribution in [0.2, 0.25) is 5.02 Å². The third-order valence-corrected chi connectivity index (χ3v) is 8.47. The van der Waals surface area contributed by atoms with Crippen LogP contribution in [0.5, 0.6) is 0 Å². The first-order chi connectivity index (χ1) is 21.2. The van der Waals surface area contributed by atoms with E-state index in [0.29, 0.717) is 28.2 Å². The highest BCUT2D eigenvalue weighted by Gasteiger charge is 2.28. The molecule has 4 rings (SSSR count). The Labute approximate surface area is 265 Å². The molecule has 0 spiro atoms. The van der Waals surface area contributed by atoms with Crippen molar-refractivity contribution in [3.8, 4) is 11.3 Å². The van der Waals surface area contributed by atoms with Crippen LogP contribution in [0, 0.1) is 0 Å². The largest absolute Gasteiger partial charge is 0.480 e. The molecular weight excluding hydrogens is 624 g/mol. The van der Waals surface area contributed by atoms with E-state index in [1.807, 2.05) is 24.3 Å². The van der Waals surface area contributed by atoms with Crippen molar-refractivity contribution in [1.29, 1.82) is 0 Å². The van der Waals surface area contributed by atoms with E-state index in [4.69, 9.17) is 16.3 Å². The number of benzene rings is 2. The van der Waals surface area contributed by atoms with Gasteiger partial charge in [0.2, 0.25) is 0 Å². The fourth-order valence-electron chi connectivity index (χ4n) is 4.36. The molecule has 4 N–H and O–H groups in total. The smallest absolute Gasteiger partial charge is 0.407 e. The molecule has 15 heteroatoms. The molecule has 0 fully saturated rings. The van der Waals surface area contributed by atoms with E-state index in [-0.39, 0.29) is 36.8 Å². The lowest BCUT2D eigenvalue weighted by Crippen LogP contribution is -2.40. The van der Waals surface area contributed by atoms with Gasteiger partial charge in [0.15, 0.2) is 0 Å². The Morgan fingerprint density at radius 1 is 1.07 bits per heavy atom. The number of ether oxygens (including phenoxy) is 1. The van der Waals surface area contributed by atoms with Crippen LogP contribution in [-0.4, -0.2) is 76.4 Å². The Hall–Kier alpha value is -4.24. The number of aromatic nitrogens is 3. The number of hydrogen-bond donors (Lipinski definition) is 4. The van der Waals surface area contributed by atoms with Gasteiger partial charge >= 0.3 is 12.1 Å². The summed E-state index contributed by atoms with van der Waals surface area (Å²) in [5.74, 6) is -1.27. The monoisotopic (exact) mass is 658 g/mol. The Balaban J connectivity index is 1.33. The molecule has 240 valence electrons. The number of nitrogens with zero attached hydrogens (tertiary/aromatic N) is 3. The van der Waals surface area contributed by atoms with Crippen molar-refractivity contribution in [2.75, 3.05) is 26.2 Å². The zero-order valence-corrected chi connectivity index (χ0v) is 26.6. The Bertz CT molecular complexity index is 1830. The molecule has 0 atom stereocenters. The van der Waals surface area contributed by atoms with Gasteiger partial charge in [-0.15, -0.1) is 0 Å². The average Bonchev–Trinajstić information content (AvgIpc) is 3.39. The fraction of sp³-hybridized carbons (Fsp3) is 0.333. The summed E-state index contributed by atoms with van der Waals surface area (Å²) < 4.78 is 33.9. The van der Waals surface area contributed by atoms with E-state index in [2.05, 4.69) is 20.7 Å². The summed E-state index contributed by atoms with van der Waals surface area (Å²) in [5.41, 5.74) is 1.87. The van der Waals surface area contributed by atoms with E-state index in [0.717, 1.165) is 15.4 Å². The molecule has 0 aliphatic heterocycles. The molecule has 1 amide bonds. The predicted octanol–water partition coefficient (Wildman–Crippen LogP) is 3.43. The van der Waals surface area contributed by atoms with Gasteiger partial charge < -0.3 is 25.5 Å². The second-order valence-electron chi connectivity index (χ2n) is 11.2. The van der Waals surface area contributed by atoms with Crippen molar-refractivity contribution in [3.63, 3.8) is 0 Å². The van der Waals surface area contributed by atoms with E-state index < -0.39 is 34.2 Å². The highest BCUT2D eigenvalue weighted by Crippen LogP contribution is 2.24. The van der Waals surface area contributed by atoms with Crippen molar-refractivity contribution < 1.29 is 27.9 Å². The number of fused-ring (bicyclic) bond motifs is 1. The molecule has 0 saturated heterocycles. The van der Waals surface area contributed by atoms with Crippen LogP contribution in [0.3, 0.4) is 0 Å². The number of sulfonamides is 1. The van der Waals surface area contributed by atoms with Crippen LogP contribution in [0.1, 0.15) is 26.3 Å². The van der Waals surface area contributed by atoms with Gasteiger partial charge in [0, 0.05) is 53.7 Å². The van der Waals surface area contributed by atoms with Gasteiger partial charge in [-0.3, -0.25) is 9.59 Å². The van der Waals surface area contributed by atoms with Gasteiger partial charge in [-0.2, -0.15) is 9.40 Å². The summed E-state index contributed by atoms with van der Waals surface area (Å²) in [6, 6.07) is 16.8. The zero-order chi connectivity index (χ0) is 32.8. The van der Waals surface area contributed by atoms with Crippen LogP contribution >= 0.6 is 11.6 Å². The maximum Gasteiger partial charge on any atom is 0.407 e. The van der Waals surface area contributed by atoms with Gasteiger partial charge in [0.25, 0.3) is 15.6 Å². The van der Waals surface area contributed by atoms with Crippen molar-refractivity contribution >= 4 is 44.6 Å². The van der Waals surface area contributed by atoms with Gasteiger partial charge in [-0.25, -0.2) is 17.9 Å². The molecule has 13 nitrogen and oxygen atoms in total. The molecule has 2 aromatic carbocycles. The number of carbonyl (C=O) groups is 2. The van der Waals surface area contributed by atoms with Crippen LogP contribution < -0.4 is 16.2 Å². The van der Waals surface area contributed by atoms with Crippen LogP contribution in [0.4, 0.5) is 4.79 Å². The molecule has 0 saturated carbocycles. The lowest BCUT2D eigenvalue weighted by atomic mass is 10.1. The normalized spacial score (nSPS) is 12.0. The quantitative estimate of drug-likeness (QED) is 0.157. The molecule has 0 aliphatic carbocycles. The third-order valence-electron chi connectivity index (χ3n) is 6.46. The molecule has 4 aromatic rings. The minimum atomic E-state index is -4.12. The molecule has 45 heavy (non-hydrogen) atoms. The number of aliphatic carboxylic acids is 1. The Kier molecular flexibility index (Phi) is 10.7. The summed E-state index contributed by atoms with van der Waals surface area (Å²) in [5, 5.41) is 20.5. The number of halogens is 1. The second-order valence-corrected chi connectivity index (χ2v) is 13.5. The number of H-pyrrole nitrogens is 1. The summed E-state index contributed by atoms with van der Waals surface area (Å²) in [4.78, 5) is 38.4. The van der Waals surface area contributed by atoms with Crippen LogP contribution in [0.15, 0.2) is 70.5 Å². The highest BCUT2D eigenvalue weighted by molar-refractivity contribution is 7.89. The van der Waals surface area contributed by atoms with E-state index in [1.54, 1.807) is 45.0 Å². The van der Waals surface area contributed by atoms with E-state index in [9.17, 15) is 27.9 Å². The number of rotatable bonds is 13. The summed E-state index contributed by atoms with van der Waals surface area (Å²) in [6.45, 7) is 5.44. The highest BCUT2D eigenvalue weighted by atomic mass is 35.5. The van der Waals surface area contributed by atoms with Crippen LogP contribution in [0.25, 0.3) is 22.2 Å². The molecule has 0 aliphatic rings. The molecule has 0 radical (unpaired) electrons. The first-order valence-electron chi connectivity index (χ1n) is 14.1. The molecule has 0 bridgehead atoms. The number of carboxylic acids is 1. The first-order valence-corrected chi connectivity index (χ1v) is 15.9. The van der Waals surface area contributed by atoms with Gasteiger partial charge in [0.1, 0.15) is 17.2 Å². The number of alkyl carbamates (subject to hydrolysis) is 1. The fourth-order valence-corrected chi connectivity index (χ4v) is 5.95. The lowest BCUT2D eigenvalue weighted by molar-refractivity contribution is -0.137. The maximum atomic E-state index is 13.3. The van der Waals surface area contributed by atoms with Crippen molar-refractivity contribution in [2.24, 2.45) is 0 Å². The van der Waals surface area contributed by atoms with Crippen molar-refractivity contribution in [2.45, 2.75) is 44.5 Å². The summed E-state index contributed by atoms with van der Waals surface area (Å²) >= 11 is 6.01. The van der Waals surface area contributed by atoms with Crippen LogP contribution in [-0.2, 0) is 32.6 Å². The van der Waals surface area contributed by atoms with Gasteiger partial charge in [0.05, 0.1) is 12.2 Å². The minimum Gasteiger partial charge on any atom is -0.480 e. The molecule has 0 unspecified atom stereocenters. The van der Waals surface area contributed by atoms with E-state index >= 15 is 0 Å². The number of carboxylic acid groups (broad SMARTS) is 1. The molecule has 2 aromatic heterocycles. The van der Waals surface area contributed by atoms with Gasteiger partial charge in [-0.1, -0.05) is 35.9 Å². The standard InChI is InChI=1S/C30H35ClN6O7S/c1-30(2,3)44-29(41)33-13-15-37-27(38)11-10-25(35-37)21-6-4-20(5-7-21)18-32-12-14-36(19-28(39)40)45(42,43)26-17-22-16-23(31)8-9-24(22)34-26/h4-11,16-17,32,34H,12-15,18-19H2,1-3H3,(H,33,41)(H,39,40). The summed E-state index contributed by atoms with van der Waals surface area (Å²) in [6.07, 6.45) is -0.577. The second kappa shape index (κ2) is 14.2. The Morgan fingerprint density at radius 3 is 2.49 bits per heavy atom. The predicted molar refractivity (Wildman–Crippen MR) is 170 cm³/mol. The number of aromatic amines is 1. The first kappa shape index (κ1) is 33.6. The van der Waals surface area contributed by atoms with Crippen molar-refractivity contribution in [3.05, 3.63) is 81.6 Å². The van der Waals surface area contributed by atoms with Crippen molar-refractivity contribution in [1.82, 2.24) is 29.7 Å². The number of amides is 1. The minimum absolute atomic E-state index is 0.0723. The molecular formula is C30H35ClN6O7S. The topological polar surface area (TPSA) is 176 Å². The molecule has 2 heterocycles.